The lowest BCUT2D eigenvalue weighted by atomic mass is 9.52. The Labute approximate surface area is 85.6 Å². The van der Waals surface area contributed by atoms with Crippen molar-refractivity contribution >= 4 is 0 Å². The average Bonchev–Trinajstić information content (AvgIpc) is 2.28. The van der Waals surface area contributed by atoms with Crippen LogP contribution in [-0.2, 0) is 0 Å². The molecule has 2 atom stereocenters. The molecule has 0 heterocycles. The minimum atomic E-state index is -0.0191. The molecule has 0 radical (unpaired) electrons. The first-order chi connectivity index (χ1) is 6.79. The van der Waals surface area contributed by atoms with Crippen molar-refractivity contribution < 1.29 is 10.2 Å². The Hall–Kier alpha value is -0.340. The van der Waals surface area contributed by atoms with Gasteiger partial charge >= 0.3 is 0 Å². The maximum atomic E-state index is 9.63. The van der Waals surface area contributed by atoms with Crippen LogP contribution in [-0.4, -0.2) is 23.4 Å². The van der Waals surface area contributed by atoms with Crippen LogP contribution < -0.4 is 0 Å². The first-order valence-electron chi connectivity index (χ1n) is 5.65. The van der Waals surface area contributed by atoms with Gasteiger partial charge in [-0.3, -0.25) is 0 Å². The third-order valence-electron chi connectivity index (χ3n) is 4.47. The molecule has 0 aromatic heterocycles. The van der Waals surface area contributed by atoms with E-state index in [4.69, 9.17) is 0 Å². The van der Waals surface area contributed by atoms with Gasteiger partial charge in [-0.2, -0.15) is 0 Å². The number of rotatable bonds is 2. The molecule has 0 bridgehead atoms. The maximum absolute atomic E-state index is 9.63. The standard InChI is InChI=1S/C12H20O2/c13-9-11-5-1-2-6-12(11,10-14)8-4-3-7-11/h1-2,13-14H,3-10H2/t11-,12-/m0/s1. The zero-order valence-corrected chi connectivity index (χ0v) is 8.71. The van der Waals surface area contributed by atoms with Crippen molar-refractivity contribution in [2.24, 2.45) is 10.8 Å². The predicted molar refractivity (Wildman–Crippen MR) is 55.9 cm³/mol. The summed E-state index contributed by atoms with van der Waals surface area (Å²) in [6.07, 6.45) is 10.8. The molecule has 1 saturated carbocycles. The van der Waals surface area contributed by atoms with Crippen LogP contribution in [0.5, 0.6) is 0 Å². The van der Waals surface area contributed by atoms with Gasteiger partial charge in [0.2, 0.25) is 0 Å². The second-order valence-electron chi connectivity index (χ2n) is 4.96. The number of aliphatic hydroxyl groups excluding tert-OH is 2. The first kappa shape index (κ1) is 10.2. The SMILES string of the molecule is OC[C@@]12CC=CC[C@@]1(CO)CCCC2. The lowest BCUT2D eigenvalue weighted by Gasteiger charge is -2.53. The number of hydrogen-bond acceptors (Lipinski definition) is 2. The second kappa shape index (κ2) is 3.67. The highest BCUT2D eigenvalue weighted by Crippen LogP contribution is 2.56. The molecule has 2 aliphatic carbocycles. The highest BCUT2D eigenvalue weighted by molar-refractivity contribution is 5.11. The van der Waals surface area contributed by atoms with Gasteiger partial charge in [-0.1, -0.05) is 25.0 Å². The van der Waals surface area contributed by atoms with Crippen LogP contribution in [0.25, 0.3) is 0 Å². The lowest BCUT2D eigenvalue weighted by Crippen LogP contribution is -2.50. The Bertz CT molecular complexity index is 212. The summed E-state index contributed by atoms with van der Waals surface area (Å²) in [5.41, 5.74) is -0.0382. The van der Waals surface area contributed by atoms with Crippen molar-refractivity contribution in [1.29, 1.82) is 0 Å². The smallest absolute Gasteiger partial charge is 0.0496 e. The van der Waals surface area contributed by atoms with Crippen LogP contribution in [0.4, 0.5) is 0 Å². The van der Waals surface area contributed by atoms with E-state index < -0.39 is 0 Å². The molecule has 0 saturated heterocycles. The van der Waals surface area contributed by atoms with Gasteiger partial charge in [0.25, 0.3) is 0 Å². The third-order valence-corrected chi connectivity index (χ3v) is 4.47. The van der Waals surface area contributed by atoms with Crippen LogP contribution in [0.3, 0.4) is 0 Å². The molecule has 80 valence electrons. The minimum absolute atomic E-state index is 0.0191. The van der Waals surface area contributed by atoms with Gasteiger partial charge in [-0.15, -0.1) is 0 Å². The van der Waals surface area contributed by atoms with E-state index in [1.54, 1.807) is 0 Å². The van der Waals surface area contributed by atoms with Crippen molar-refractivity contribution in [3.63, 3.8) is 0 Å². The van der Waals surface area contributed by atoms with Gasteiger partial charge in [0, 0.05) is 24.0 Å². The molecule has 0 aliphatic heterocycles. The highest BCUT2D eigenvalue weighted by atomic mass is 16.3. The van der Waals surface area contributed by atoms with E-state index in [1.165, 1.54) is 12.8 Å². The Morgan fingerprint density at radius 1 is 0.857 bits per heavy atom. The normalized spacial score (nSPS) is 42.1. The van der Waals surface area contributed by atoms with Gasteiger partial charge < -0.3 is 10.2 Å². The van der Waals surface area contributed by atoms with E-state index in [2.05, 4.69) is 12.2 Å². The maximum Gasteiger partial charge on any atom is 0.0496 e. The van der Waals surface area contributed by atoms with Crippen molar-refractivity contribution in [1.82, 2.24) is 0 Å². The van der Waals surface area contributed by atoms with E-state index in [9.17, 15) is 10.2 Å². The third kappa shape index (κ3) is 1.24. The van der Waals surface area contributed by atoms with Gasteiger partial charge in [-0.05, 0) is 25.7 Å². The molecule has 2 rings (SSSR count). The van der Waals surface area contributed by atoms with Gasteiger partial charge in [0.1, 0.15) is 0 Å². The quantitative estimate of drug-likeness (QED) is 0.662. The molecule has 2 nitrogen and oxygen atoms in total. The summed E-state index contributed by atoms with van der Waals surface area (Å²) in [5.74, 6) is 0. The number of hydrogen-bond donors (Lipinski definition) is 2. The van der Waals surface area contributed by atoms with E-state index in [1.807, 2.05) is 0 Å². The second-order valence-corrected chi connectivity index (χ2v) is 4.96. The topological polar surface area (TPSA) is 40.5 Å². The molecule has 2 N–H and O–H groups in total. The van der Waals surface area contributed by atoms with Gasteiger partial charge in [0.05, 0.1) is 0 Å². The van der Waals surface area contributed by atoms with E-state index in [0.717, 1.165) is 25.7 Å². The van der Waals surface area contributed by atoms with Crippen molar-refractivity contribution in [2.75, 3.05) is 13.2 Å². The Kier molecular flexibility index (Phi) is 2.67. The summed E-state index contributed by atoms with van der Waals surface area (Å²) in [5, 5.41) is 19.3. The van der Waals surface area contributed by atoms with Crippen molar-refractivity contribution in [2.45, 2.75) is 38.5 Å². The zero-order valence-electron chi connectivity index (χ0n) is 8.71. The number of aliphatic hydroxyl groups is 2. The van der Waals surface area contributed by atoms with Crippen molar-refractivity contribution in [3.8, 4) is 0 Å². The predicted octanol–water partition coefficient (Wildman–Crippen LogP) is 1.87. The molecule has 2 heteroatoms. The molecule has 14 heavy (non-hydrogen) atoms. The van der Waals surface area contributed by atoms with E-state index >= 15 is 0 Å². The molecular weight excluding hydrogens is 176 g/mol. The lowest BCUT2D eigenvalue weighted by molar-refractivity contribution is -0.0898. The van der Waals surface area contributed by atoms with Crippen LogP contribution in [0.2, 0.25) is 0 Å². The monoisotopic (exact) mass is 196 g/mol. The zero-order chi connectivity index (χ0) is 10.1. The molecule has 0 amide bonds. The van der Waals surface area contributed by atoms with Crippen LogP contribution in [0.15, 0.2) is 12.2 Å². The fourth-order valence-electron chi connectivity index (χ4n) is 3.33. The molecule has 0 aromatic rings. The van der Waals surface area contributed by atoms with Crippen LogP contribution >= 0.6 is 0 Å². The van der Waals surface area contributed by atoms with E-state index in [0.29, 0.717) is 0 Å². The number of allylic oxidation sites excluding steroid dienone is 2. The molecule has 2 aliphatic rings. The molecule has 0 aromatic carbocycles. The van der Waals surface area contributed by atoms with Gasteiger partial charge in [0.15, 0.2) is 0 Å². The Morgan fingerprint density at radius 2 is 1.29 bits per heavy atom. The molecule has 0 unspecified atom stereocenters. The minimum Gasteiger partial charge on any atom is -0.396 e. The largest absolute Gasteiger partial charge is 0.396 e. The van der Waals surface area contributed by atoms with Crippen LogP contribution in [0, 0.1) is 10.8 Å². The van der Waals surface area contributed by atoms with E-state index in [-0.39, 0.29) is 24.0 Å². The van der Waals surface area contributed by atoms with Crippen LogP contribution in [0.1, 0.15) is 38.5 Å². The molecular formula is C12H20O2. The summed E-state index contributed by atoms with van der Waals surface area (Å²) in [6, 6.07) is 0. The molecule has 0 spiro atoms. The first-order valence-corrected chi connectivity index (χ1v) is 5.65. The highest BCUT2D eigenvalue weighted by Gasteiger charge is 2.51. The average molecular weight is 196 g/mol. The molecule has 1 fully saturated rings. The fraction of sp³-hybridized carbons (Fsp3) is 0.833. The number of fused-ring (bicyclic) bond motifs is 1. The summed E-state index contributed by atoms with van der Waals surface area (Å²) in [6.45, 7) is 0.468. The van der Waals surface area contributed by atoms with Crippen molar-refractivity contribution in [3.05, 3.63) is 12.2 Å². The summed E-state index contributed by atoms with van der Waals surface area (Å²) in [7, 11) is 0. The summed E-state index contributed by atoms with van der Waals surface area (Å²) in [4.78, 5) is 0. The van der Waals surface area contributed by atoms with Gasteiger partial charge in [-0.25, -0.2) is 0 Å². The fourth-order valence-corrected chi connectivity index (χ4v) is 3.33. The Balaban J connectivity index is 2.33. The Morgan fingerprint density at radius 3 is 1.64 bits per heavy atom. The summed E-state index contributed by atoms with van der Waals surface area (Å²) < 4.78 is 0. The summed E-state index contributed by atoms with van der Waals surface area (Å²) >= 11 is 0.